The van der Waals surface area contributed by atoms with E-state index in [-0.39, 0.29) is 17.9 Å². The highest BCUT2D eigenvalue weighted by Gasteiger charge is 2.09. The van der Waals surface area contributed by atoms with Crippen LogP contribution in [0.15, 0.2) is 36.4 Å². The normalized spacial score (nSPS) is 10.5. The lowest BCUT2D eigenvalue weighted by Gasteiger charge is -2.06. The Morgan fingerprint density at radius 2 is 2.35 bits per heavy atom. The van der Waals surface area contributed by atoms with Crippen molar-refractivity contribution in [1.82, 2.24) is 5.32 Å². The van der Waals surface area contributed by atoms with E-state index in [1.165, 1.54) is 18.2 Å². The number of nitriles is 1. The molecule has 0 radical (unpaired) electrons. The predicted octanol–water partition coefficient (Wildman–Crippen LogP) is 2.00. The molecule has 0 aliphatic heterocycles. The van der Waals surface area contributed by atoms with Crippen molar-refractivity contribution in [2.75, 3.05) is 13.2 Å². The van der Waals surface area contributed by atoms with Crippen molar-refractivity contribution in [1.29, 1.82) is 5.26 Å². The summed E-state index contributed by atoms with van der Waals surface area (Å²) in [6.45, 7) is 5.98. The molecule has 5 nitrogen and oxygen atoms in total. The number of carbonyl (C=O) groups excluding carboxylic acids is 1. The second kappa shape index (κ2) is 7.64. The monoisotopic (exact) mass is 272 g/mol. The molecule has 0 fully saturated rings. The molecule has 1 aromatic rings. The predicted molar refractivity (Wildman–Crippen MR) is 76.1 cm³/mol. The first-order valence-corrected chi connectivity index (χ1v) is 6.09. The molecule has 1 rings (SSSR count). The van der Waals surface area contributed by atoms with Gasteiger partial charge in [0.2, 0.25) is 0 Å². The number of rotatable bonds is 6. The summed E-state index contributed by atoms with van der Waals surface area (Å²) in [4.78, 5) is 11.7. The number of aromatic hydroxyl groups is 1. The van der Waals surface area contributed by atoms with Gasteiger partial charge in [-0.1, -0.05) is 12.1 Å². The fourth-order valence-electron chi connectivity index (χ4n) is 1.47. The molecule has 20 heavy (non-hydrogen) atoms. The number of carbonyl (C=O) groups is 1. The molecule has 0 aromatic heterocycles. The number of hydrogen-bond acceptors (Lipinski definition) is 4. The van der Waals surface area contributed by atoms with Crippen LogP contribution in [0.3, 0.4) is 0 Å². The number of nitrogens with one attached hydrogen (secondary N) is 1. The first kappa shape index (κ1) is 15.3. The first-order valence-electron chi connectivity index (χ1n) is 6.09. The standard InChI is InChI=1S/C15H16N2O3/c1-3-7-17-15(19)12(10-16)8-11-5-6-13(18)14(9-11)20-4-2/h3,5-6,8-9,18H,1,4,7H2,2H3,(H,17,19)/b12-8+. The maximum atomic E-state index is 11.7. The lowest BCUT2D eigenvalue weighted by Crippen LogP contribution is -2.24. The molecule has 104 valence electrons. The number of phenolic OH excluding ortho intramolecular Hbond substituents is 1. The second-order valence-corrected chi connectivity index (χ2v) is 3.83. The van der Waals surface area contributed by atoms with Crippen molar-refractivity contribution in [3.05, 3.63) is 42.0 Å². The molecule has 5 heteroatoms. The van der Waals surface area contributed by atoms with Gasteiger partial charge in [0, 0.05) is 6.54 Å². The summed E-state index contributed by atoms with van der Waals surface area (Å²) in [6, 6.07) is 6.45. The SMILES string of the molecule is C=CCNC(=O)/C(C#N)=C/c1ccc(O)c(OCC)c1. The van der Waals surface area contributed by atoms with E-state index in [0.717, 1.165) is 0 Å². The molecule has 0 unspecified atom stereocenters. The quantitative estimate of drug-likeness (QED) is 0.471. The van der Waals surface area contributed by atoms with E-state index in [2.05, 4.69) is 11.9 Å². The maximum absolute atomic E-state index is 11.7. The number of amides is 1. The Bertz CT molecular complexity index is 571. The first-order chi connectivity index (χ1) is 9.62. The smallest absolute Gasteiger partial charge is 0.262 e. The molecular weight excluding hydrogens is 256 g/mol. The van der Waals surface area contributed by atoms with Crippen LogP contribution in [-0.2, 0) is 4.79 Å². The van der Waals surface area contributed by atoms with E-state index in [0.29, 0.717) is 17.9 Å². The van der Waals surface area contributed by atoms with E-state index < -0.39 is 5.91 Å². The van der Waals surface area contributed by atoms with Gasteiger partial charge in [-0.15, -0.1) is 6.58 Å². The Labute approximate surface area is 117 Å². The Kier molecular flexibility index (Phi) is 5.85. The maximum Gasteiger partial charge on any atom is 0.262 e. The van der Waals surface area contributed by atoms with Gasteiger partial charge in [-0.2, -0.15) is 5.26 Å². The van der Waals surface area contributed by atoms with Crippen LogP contribution in [0.5, 0.6) is 11.5 Å². The molecule has 0 spiro atoms. The number of benzene rings is 1. The van der Waals surface area contributed by atoms with Crippen molar-refractivity contribution in [2.24, 2.45) is 0 Å². The van der Waals surface area contributed by atoms with Crippen molar-refractivity contribution in [3.8, 4) is 17.6 Å². The van der Waals surface area contributed by atoms with Crippen molar-refractivity contribution >= 4 is 12.0 Å². The van der Waals surface area contributed by atoms with Gasteiger partial charge in [0.1, 0.15) is 11.6 Å². The summed E-state index contributed by atoms with van der Waals surface area (Å²) >= 11 is 0. The largest absolute Gasteiger partial charge is 0.504 e. The molecule has 2 N–H and O–H groups in total. The van der Waals surface area contributed by atoms with Gasteiger partial charge >= 0.3 is 0 Å². The van der Waals surface area contributed by atoms with Crippen LogP contribution in [0.1, 0.15) is 12.5 Å². The van der Waals surface area contributed by atoms with Crippen LogP contribution in [-0.4, -0.2) is 24.2 Å². The van der Waals surface area contributed by atoms with Crippen LogP contribution < -0.4 is 10.1 Å². The third kappa shape index (κ3) is 4.18. The minimum Gasteiger partial charge on any atom is -0.504 e. The summed E-state index contributed by atoms with van der Waals surface area (Å²) in [5, 5.41) is 21.1. The van der Waals surface area contributed by atoms with Gasteiger partial charge < -0.3 is 15.2 Å². The molecule has 0 atom stereocenters. The molecule has 0 aliphatic rings. The minimum atomic E-state index is -0.474. The highest BCUT2D eigenvalue weighted by molar-refractivity contribution is 6.01. The average Bonchev–Trinajstić information content (AvgIpc) is 2.45. The number of ether oxygens (including phenoxy) is 1. The summed E-state index contributed by atoms with van der Waals surface area (Å²) < 4.78 is 5.24. The Morgan fingerprint density at radius 1 is 1.60 bits per heavy atom. The molecule has 0 saturated carbocycles. The van der Waals surface area contributed by atoms with Gasteiger partial charge in [0.15, 0.2) is 11.5 Å². The fourth-order valence-corrected chi connectivity index (χ4v) is 1.47. The summed E-state index contributed by atoms with van der Waals surface area (Å²) in [7, 11) is 0. The van der Waals surface area contributed by atoms with Crippen LogP contribution in [0, 0.1) is 11.3 Å². The molecule has 1 amide bonds. The van der Waals surface area contributed by atoms with Gasteiger partial charge in [0.25, 0.3) is 5.91 Å². The molecule has 0 saturated heterocycles. The average molecular weight is 272 g/mol. The lowest BCUT2D eigenvalue weighted by molar-refractivity contribution is -0.116. The molecule has 0 bridgehead atoms. The zero-order chi connectivity index (χ0) is 15.0. The Hall–Kier alpha value is -2.74. The molecule has 0 heterocycles. The van der Waals surface area contributed by atoms with Crippen LogP contribution in [0.2, 0.25) is 0 Å². The van der Waals surface area contributed by atoms with Crippen LogP contribution in [0.25, 0.3) is 6.08 Å². The van der Waals surface area contributed by atoms with E-state index in [1.807, 2.05) is 6.07 Å². The van der Waals surface area contributed by atoms with E-state index in [4.69, 9.17) is 10.00 Å². The van der Waals surface area contributed by atoms with Crippen LogP contribution in [0.4, 0.5) is 0 Å². The van der Waals surface area contributed by atoms with Gasteiger partial charge in [0.05, 0.1) is 6.61 Å². The van der Waals surface area contributed by atoms with E-state index in [1.54, 1.807) is 19.1 Å². The number of nitrogens with zero attached hydrogens (tertiary/aromatic N) is 1. The zero-order valence-corrected chi connectivity index (χ0v) is 11.2. The topological polar surface area (TPSA) is 82.4 Å². The number of hydrogen-bond donors (Lipinski definition) is 2. The highest BCUT2D eigenvalue weighted by Crippen LogP contribution is 2.27. The number of phenols is 1. The molecular formula is C15H16N2O3. The van der Waals surface area contributed by atoms with Gasteiger partial charge in [-0.3, -0.25) is 4.79 Å². The second-order valence-electron chi connectivity index (χ2n) is 3.83. The van der Waals surface area contributed by atoms with Crippen molar-refractivity contribution in [2.45, 2.75) is 6.92 Å². The third-order valence-corrected chi connectivity index (χ3v) is 2.37. The summed E-state index contributed by atoms with van der Waals surface area (Å²) in [5.74, 6) is -0.151. The zero-order valence-electron chi connectivity index (χ0n) is 11.2. The van der Waals surface area contributed by atoms with Crippen molar-refractivity contribution < 1.29 is 14.6 Å². The van der Waals surface area contributed by atoms with Gasteiger partial charge in [-0.25, -0.2) is 0 Å². The highest BCUT2D eigenvalue weighted by atomic mass is 16.5. The minimum absolute atomic E-state index is 0.0126. The Balaban J connectivity index is 3.01. The van der Waals surface area contributed by atoms with Gasteiger partial charge in [-0.05, 0) is 30.7 Å². The van der Waals surface area contributed by atoms with Crippen LogP contribution >= 0.6 is 0 Å². The molecule has 0 aliphatic carbocycles. The summed E-state index contributed by atoms with van der Waals surface area (Å²) in [6.07, 6.45) is 2.96. The van der Waals surface area contributed by atoms with E-state index >= 15 is 0 Å². The molecule has 1 aromatic carbocycles. The Morgan fingerprint density at radius 3 is 2.95 bits per heavy atom. The fraction of sp³-hybridized carbons (Fsp3) is 0.200. The summed E-state index contributed by atoms with van der Waals surface area (Å²) in [5.41, 5.74) is 0.566. The van der Waals surface area contributed by atoms with E-state index in [9.17, 15) is 9.90 Å². The van der Waals surface area contributed by atoms with Crippen molar-refractivity contribution in [3.63, 3.8) is 0 Å². The third-order valence-electron chi connectivity index (χ3n) is 2.37. The lowest BCUT2D eigenvalue weighted by atomic mass is 10.1.